The van der Waals surface area contributed by atoms with Gasteiger partial charge in [-0.15, -0.1) is 11.3 Å². The fourth-order valence-corrected chi connectivity index (χ4v) is 1.84. The monoisotopic (exact) mass is 230 g/mol. The highest BCUT2D eigenvalue weighted by Gasteiger charge is 2.01. The van der Waals surface area contributed by atoms with Crippen LogP contribution in [0.15, 0.2) is 29.9 Å². The molecule has 3 N–H and O–H groups in total. The Morgan fingerprint density at radius 2 is 2.38 bits per heavy atom. The average molecular weight is 230 g/mol. The first-order valence-electron chi connectivity index (χ1n) is 4.70. The van der Waals surface area contributed by atoms with Crippen LogP contribution in [0.1, 0.15) is 10.4 Å². The van der Waals surface area contributed by atoms with Gasteiger partial charge in [-0.3, -0.25) is 4.98 Å². The van der Waals surface area contributed by atoms with Crippen LogP contribution in [0.2, 0.25) is 0 Å². The maximum atomic E-state index is 8.70. The van der Waals surface area contributed by atoms with Crippen LogP contribution in [-0.4, -0.2) is 4.98 Å². The molecule has 0 aliphatic carbocycles. The van der Waals surface area contributed by atoms with Crippen LogP contribution in [0.4, 0.5) is 11.4 Å². The second kappa shape index (κ2) is 4.64. The SMILES string of the molecule is N#Cc1ccc(NCc2cncs2)c(N)c1. The molecule has 0 unspecified atom stereocenters. The van der Waals surface area contributed by atoms with Gasteiger partial charge in [-0.25, -0.2) is 0 Å². The molecular weight excluding hydrogens is 220 g/mol. The maximum absolute atomic E-state index is 8.70. The van der Waals surface area contributed by atoms with Crippen molar-refractivity contribution in [1.82, 2.24) is 4.98 Å². The van der Waals surface area contributed by atoms with Crippen molar-refractivity contribution in [1.29, 1.82) is 5.26 Å². The van der Waals surface area contributed by atoms with Crippen molar-refractivity contribution in [3.63, 3.8) is 0 Å². The predicted octanol–water partition coefficient (Wildman–Crippen LogP) is 2.21. The van der Waals surface area contributed by atoms with Gasteiger partial charge in [-0.05, 0) is 18.2 Å². The van der Waals surface area contributed by atoms with E-state index in [1.807, 2.05) is 18.3 Å². The van der Waals surface area contributed by atoms with E-state index in [-0.39, 0.29) is 0 Å². The Labute approximate surface area is 97.4 Å². The number of nitrogens with one attached hydrogen (secondary N) is 1. The van der Waals surface area contributed by atoms with E-state index in [2.05, 4.69) is 10.3 Å². The third kappa shape index (κ3) is 2.30. The molecule has 0 spiro atoms. The van der Waals surface area contributed by atoms with E-state index >= 15 is 0 Å². The minimum Gasteiger partial charge on any atom is -0.397 e. The number of nitrogens with two attached hydrogens (primary N) is 1. The first-order chi connectivity index (χ1) is 7.79. The standard InChI is InChI=1S/C11H10N4S/c12-4-8-1-2-11(10(13)3-8)15-6-9-5-14-7-16-9/h1-3,5,7,15H,6,13H2. The molecule has 16 heavy (non-hydrogen) atoms. The van der Waals surface area contributed by atoms with Gasteiger partial charge < -0.3 is 11.1 Å². The molecule has 2 aromatic rings. The van der Waals surface area contributed by atoms with Gasteiger partial charge in [0.25, 0.3) is 0 Å². The lowest BCUT2D eigenvalue weighted by Crippen LogP contribution is -2.01. The van der Waals surface area contributed by atoms with E-state index in [0.29, 0.717) is 17.8 Å². The van der Waals surface area contributed by atoms with Gasteiger partial charge in [0, 0.05) is 11.1 Å². The summed E-state index contributed by atoms with van der Waals surface area (Å²) in [5.74, 6) is 0. The van der Waals surface area contributed by atoms with Crippen LogP contribution in [0.5, 0.6) is 0 Å². The van der Waals surface area contributed by atoms with Crippen molar-refractivity contribution in [3.05, 3.63) is 40.3 Å². The fourth-order valence-electron chi connectivity index (χ4n) is 1.31. The highest BCUT2D eigenvalue weighted by atomic mass is 32.1. The average Bonchev–Trinajstić information content (AvgIpc) is 2.80. The van der Waals surface area contributed by atoms with E-state index in [1.165, 1.54) is 0 Å². The Kier molecular flexibility index (Phi) is 3.03. The van der Waals surface area contributed by atoms with Gasteiger partial charge in [0.05, 0.1) is 35.1 Å². The summed E-state index contributed by atoms with van der Waals surface area (Å²) in [4.78, 5) is 5.13. The Morgan fingerprint density at radius 3 is 3.00 bits per heavy atom. The lowest BCUT2D eigenvalue weighted by molar-refractivity contribution is 1.18. The van der Waals surface area contributed by atoms with Crippen LogP contribution in [0.25, 0.3) is 0 Å². The molecule has 0 aliphatic heterocycles. The minimum absolute atomic E-state index is 0.570. The lowest BCUT2D eigenvalue weighted by atomic mass is 10.2. The van der Waals surface area contributed by atoms with E-state index in [9.17, 15) is 0 Å². The molecule has 5 heteroatoms. The largest absolute Gasteiger partial charge is 0.397 e. The van der Waals surface area contributed by atoms with E-state index in [4.69, 9.17) is 11.0 Å². The maximum Gasteiger partial charge on any atom is 0.0992 e. The zero-order valence-electron chi connectivity index (χ0n) is 8.47. The van der Waals surface area contributed by atoms with Gasteiger partial charge in [0.15, 0.2) is 0 Å². The summed E-state index contributed by atoms with van der Waals surface area (Å²) in [6.45, 7) is 0.695. The number of aromatic nitrogens is 1. The van der Waals surface area contributed by atoms with Crippen LogP contribution in [-0.2, 0) is 6.54 Å². The third-order valence-electron chi connectivity index (χ3n) is 2.12. The molecule has 1 aromatic carbocycles. The molecule has 0 atom stereocenters. The number of nitrogens with zero attached hydrogens (tertiary/aromatic N) is 2. The topological polar surface area (TPSA) is 74.7 Å². The molecule has 4 nitrogen and oxygen atoms in total. The number of anilines is 2. The van der Waals surface area contributed by atoms with Crippen molar-refractivity contribution >= 4 is 22.7 Å². The number of rotatable bonds is 3. The summed E-state index contributed by atoms with van der Waals surface area (Å²) in [5.41, 5.74) is 9.60. The van der Waals surface area contributed by atoms with E-state index < -0.39 is 0 Å². The van der Waals surface area contributed by atoms with Crippen molar-refractivity contribution < 1.29 is 0 Å². The summed E-state index contributed by atoms with van der Waals surface area (Å²) >= 11 is 1.59. The molecule has 0 saturated heterocycles. The molecule has 1 heterocycles. The number of hydrogen-bond donors (Lipinski definition) is 2. The lowest BCUT2D eigenvalue weighted by Gasteiger charge is -2.07. The molecule has 0 saturated carbocycles. The molecule has 2 rings (SSSR count). The second-order valence-corrected chi connectivity index (χ2v) is 4.21. The van der Waals surface area contributed by atoms with Gasteiger partial charge in [-0.2, -0.15) is 5.26 Å². The van der Waals surface area contributed by atoms with Crippen LogP contribution < -0.4 is 11.1 Å². The normalized spacial score (nSPS) is 9.69. The van der Waals surface area contributed by atoms with Crippen LogP contribution in [0.3, 0.4) is 0 Å². The summed E-state index contributed by atoms with van der Waals surface area (Å²) in [6.07, 6.45) is 1.82. The molecular formula is C11H10N4S. The summed E-state index contributed by atoms with van der Waals surface area (Å²) in [5, 5.41) is 11.9. The molecule has 0 amide bonds. The van der Waals surface area contributed by atoms with Crippen LogP contribution in [0, 0.1) is 11.3 Å². The van der Waals surface area contributed by atoms with Crippen molar-refractivity contribution in [2.45, 2.75) is 6.54 Å². The Balaban J connectivity index is 2.08. The van der Waals surface area contributed by atoms with Crippen LogP contribution >= 0.6 is 11.3 Å². The molecule has 80 valence electrons. The fraction of sp³-hybridized carbons (Fsp3) is 0.0909. The van der Waals surface area contributed by atoms with Crippen molar-refractivity contribution in [2.24, 2.45) is 0 Å². The summed E-state index contributed by atoms with van der Waals surface area (Å²) < 4.78 is 0. The first kappa shape index (κ1) is 10.5. The van der Waals surface area contributed by atoms with Crippen molar-refractivity contribution in [3.8, 4) is 6.07 Å². The number of benzene rings is 1. The summed E-state index contributed by atoms with van der Waals surface area (Å²) in [6, 6.07) is 7.27. The zero-order chi connectivity index (χ0) is 11.4. The Bertz CT molecular complexity index is 513. The molecule has 1 aromatic heterocycles. The molecule has 0 radical (unpaired) electrons. The highest BCUT2D eigenvalue weighted by molar-refractivity contribution is 7.09. The van der Waals surface area contributed by atoms with Gasteiger partial charge >= 0.3 is 0 Å². The third-order valence-corrected chi connectivity index (χ3v) is 2.90. The smallest absolute Gasteiger partial charge is 0.0992 e. The molecule has 0 fully saturated rings. The quantitative estimate of drug-likeness (QED) is 0.793. The van der Waals surface area contributed by atoms with E-state index in [0.717, 1.165) is 10.6 Å². The Morgan fingerprint density at radius 1 is 1.50 bits per heavy atom. The number of nitriles is 1. The summed E-state index contributed by atoms with van der Waals surface area (Å²) in [7, 11) is 0. The second-order valence-electron chi connectivity index (χ2n) is 3.24. The molecule has 0 bridgehead atoms. The van der Waals surface area contributed by atoms with E-state index in [1.54, 1.807) is 29.0 Å². The zero-order valence-corrected chi connectivity index (χ0v) is 9.29. The minimum atomic E-state index is 0.570. The number of nitrogen functional groups attached to an aromatic ring is 1. The predicted molar refractivity (Wildman–Crippen MR) is 65.0 cm³/mol. The van der Waals surface area contributed by atoms with Gasteiger partial charge in [0.1, 0.15) is 0 Å². The number of hydrogen-bond acceptors (Lipinski definition) is 5. The van der Waals surface area contributed by atoms with Gasteiger partial charge in [0.2, 0.25) is 0 Å². The first-order valence-corrected chi connectivity index (χ1v) is 5.58. The highest BCUT2D eigenvalue weighted by Crippen LogP contribution is 2.20. The molecule has 0 aliphatic rings. The Hall–Kier alpha value is -2.06. The van der Waals surface area contributed by atoms with Gasteiger partial charge in [-0.1, -0.05) is 0 Å². The van der Waals surface area contributed by atoms with Crippen molar-refractivity contribution in [2.75, 3.05) is 11.1 Å². The number of thiazole rings is 1.